The maximum Gasteiger partial charge on any atom is 0.255 e. The monoisotopic (exact) mass is 332 g/mol. The Morgan fingerprint density at radius 3 is 2.79 bits per heavy atom. The topological polar surface area (TPSA) is 32.3 Å². The van der Waals surface area contributed by atoms with Gasteiger partial charge in [0.2, 0.25) is 0 Å². The molecular weight excluding hydrogens is 318 g/mol. The van der Waals surface area contributed by atoms with Gasteiger partial charge in [-0.1, -0.05) is 0 Å². The molecule has 1 aliphatic rings. The van der Waals surface area contributed by atoms with Crippen LogP contribution >= 0.6 is 15.9 Å². The minimum absolute atomic E-state index is 0.163. The summed E-state index contributed by atoms with van der Waals surface area (Å²) in [5.41, 5.74) is 0.163. The second-order valence-corrected chi connectivity index (χ2v) is 5.48. The number of amides is 1. The Hall–Kier alpha value is -1.01. The van der Waals surface area contributed by atoms with Crippen molar-refractivity contribution in [1.82, 2.24) is 10.2 Å². The molecule has 1 aromatic rings. The van der Waals surface area contributed by atoms with Crippen molar-refractivity contribution in [2.75, 3.05) is 20.1 Å². The predicted octanol–water partition coefficient (Wildman–Crippen LogP) is 2.55. The van der Waals surface area contributed by atoms with Crippen LogP contribution in [0.15, 0.2) is 16.6 Å². The molecule has 1 aliphatic heterocycles. The number of piperidine rings is 1. The van der Waals surface area contributed by atoms with E-state index in [-0.39, 0.29) is 22.0 Å². The molecule has 0 aliphatic carbocycles. The Labute approximate surface area is 119 Å². The van der Waals surface area contributed by atoms with Crippen LogP contribution in [0.4, 0.5) is 8.78 Å². The maximum atomic E-state index is 13.3. The van der Waals surface area contributed by atoms with Crippen molar-refractivity contribution < 1.29 is 13.6 Å². The van der Waals surface area contributed by atoms with Crippen LogP contribution in [0.25, 0.3) is 0 Å². The number of likely N-dealkylation sites (N-methyl/N-ethyl adjacent to an activating group) is 1. The molecule has 1 N–H and O–H groups in total. The SMILES string of the molecule is CNC1CCCN(C(=O)c2cc(F)c(F)cc2Br)C1. The molecule has 19 heavy (non-hydrogen) atoms. The first kappa shape index (κ1) is 14.4. The van der Waals surface area contributed by atoms with Crippen LogP contribution in [0.2, 0.25) is 0 Å². The van der Waals surface area contributed by atoms with Crippen molar-refractivity contribution in [3.8, 4) is 0 Å². The molecule has 0 radical (unpaired) electrons. The molecule has 1 atom stereocenters. The molecule has 1 saturated heterocycles. The van der Waals surface area contributed by atoms with E-state index in [2.05, 4.69) is 21.2 Å². The number of hydrogen-bond acceptors (Lipinski definition) is 2. The lowest BCUT2D eigenvalue weighted by molar-refractivity contribution is 0.0696. The van der Waals surface area contributed by atoms with E-state index in [0.29, 0.717) is 13.1 Å². The van der Waals surface area contributed by atoms with Crippen molar-refractivity contribution in [3.05, 3.63) is 33.8 Å². The first-order chi connectivity index (χ1) is 9.02. The van der Waals surface area contributed by atoms with Gasteiger partial charge in [0.15, 0.2) is 11.6 Å². The summed E-state index contributed by atoms with van der Waals surface area (Å²) >= 11 is 3.11. The van der Waals surface area contributed by atoms with Gasteiger partial charge in [-0.3, -0.25) is 4.79 Å². The number of carbonyl (C=O) groups is 1. The molecular formula is C13H15BrF2N2O. The molecule has 1 aromatic carbocycles. The van der Waals surface area contributed by atoms with Crippen LogP contribution in [0.1, 0.15) is 23.2 Å². The van der Waals surface area contributed by atoms with Gasteiger partial charge < -0.3 is 10.2 Å². The van der Waals surface area contributed by atoms with Crippen LogP contribution in [-0.2, 0) is 0 Å². The molecule has 0 aromatic heterocycles. The van der Waals surface area contributed by atoms with Crippen LogP contribution in [0.3, 0.4) is 0 Å². The standard InChI is InChI=1S/C13H15BrF2N2O/c1-17-8-3-2-4-18(7-8)13(19)9-5-11(15)12(16)6-10(9)14/h5-6,8,17H,2-4,7H2,1H3. The van der Waals surface area contributed by atoms with Gasteiger partial charge in [0.05, 0.1) is 5.56 Å². The fourth-order valence-electron chi connectivity index (χ4n) is 2.25. The highest BCUT2D eigenvalue weighted by Crippen LogP contribution is 2.23. The third-order valence-corrected chi connectivity index (χ3v) is 4.01. The van der Waals surface area contributed by atoms with Crippen molar-refractivity contribution in [2.24, 2.45) is 0 Å². The van der Waals surface area contributed by atoms with Crippen LogP contribution < -0.4 is 5.32 Å². The summed E-state index contributed by atoms with van der Waals surface area (Å²) in [6.45, 7) is 1.23. The molecule has 0 bridgehead atoms. The van der Waals surface area contributed by atoms with Gasteiger partial charge in [0, 0.05) is 23.6 Å². The highest BCUT2D eigenvalue weighted by Gasteiger charge is 2.25. The van der Waals surface area contributed by atoms with E-state index < -0.39 is 11.6 Å². The number of nitrogens with one attached hydrogen (secondary N) is 1. The Morgan fingerprint density at radius 1 is 1.42 bits per heavy atom. The van der Waals surface area contributed by atoms with Gasteiger partial charge in [-0.25, -0.2) is 8.78 Å². The second-order valence-electron chi connectivity index (χ2n) is 4.63. The van der Waals surface area contributed by atoms with Crippen molar-refractivity contribution in [2.45, 2.75) is 18.9 Å². The third kappa shape index (κ3) is 3.12. The Bertz CT molecular complexity index is 496. The van der Waals surface area contributed by atoms with Crippen molar-refractivity contribution in [3.63, 3.8) is 0 Å². The highest BCUT2D eigenvalue weighted by atomic mass is 79.9. The average molecular weight is 333 g/mol. The van der Waals surface area contributed by atoms with Crippen molar-refractivity contribution in [1.29, 1.82) is 0 Å². The number of likely N-dealkylation sites (tertiary alicyclic amines) is 1. The number of nitrogens with zero attached hydrogens (tertiary/aromatic N) is 1. The first-order valence-corrected chi connectivity index (χ1v) is 6.93. The molecule has 1 unspecified atom stereocenters. The predicted molar refractivity (Wildman–Crippen MR) is 72.0 cm³/mol. The summed E-state index contributed by atoms with van der Waals surface area (Å²) in [6.07, 6.45) is 1.91. The van der Waals surface area contributed by atoms with Crippen molar-refractivity contribution >= 4 is 21.8 Å². The van der Waals surface area contributed by atoms with Gasteiger partial charge in [-0.2, -0.15) is 0 Å². The minimum Gasteiger partial charge on any atom is -0.337 e. The molecule has 3 nitrogen and oxygen atoms in total. The van der Waals surface area contributed by atoms with E-state index in [4.69, 9.17) is 0 Å². The number of benzene rings is 1. The van der Waals surface area contributed by atoms with Gasteiger partial charge >= 0.3 is 0 Å². The van der Waals surface area contributed by atoms with E-state index in [1.807, 2.05) is 7.05 Å². The van der Waals surface area contributed by atoms with Gasteiger partial charge in [-0.15, -0.1) is 0 Å². The average Bonchev–Trinajstić information content (AvgIpc) is 2.42. The summed E-state index contributed by atoms with van der Waals surface area (Å²) in [4.78, 5) is 14.0. The number of hydrogen-bond donors (Lipinski definition) is 1. The first-order valence-electron chi connectivity index (χ1n) is 6.14. The van der Waals surface area contributed by atoms with E-state index >= 15 is 0 Å². The summed E-state index contributed by atoms with van der Waals surface area (Å²) in [5, 5.41) is 3.14. The number of rotatable bonds is 2. The summed E-state index contributed by atoms with van der Waals surface area (Å²) in [5.74, 6) is -2.24. The molecule has 2 rings (SSSR count). The van der Waals surface area contributed by atoms with E-state index in [1.54, 1.807) is 4.90 Å². The Morgan fingerprint density at radius 2 is 2.11 bits per heavy atom. The quantitative estimate of drug-likeness (QED) is 0.844. The van der Waals surface area contributed by atoms with Gasteiger partial charge in [-0.05, 0) is 48.0 Å². The number of carbonyl (C=O) groups excluding carboxylic acids is 1. The van der Waals surface area contributed by atoms with Gasteiger partial charge in [0.25, 0.3) is 5.91 Å². The molecule has 0 saturated carbocycles. The maximum absolute atomic E-state index is 13.3. The fraction of sp³-hybridized carbons (Fsp3) is 0.462. The summed E-state index contributed by atoms with van der Waals surface area (Å²) in [7, 11) is 1.85. The minimum atomic E-state index is -1.01. The third-order valence-electron chi connectivity index (χ3n) is 3.36. The lowest BCUT2D eigenvalue weighted by atomic mass is 10.0. The highest BCUT2D eigenvalue weighted by molar-refractivity contribution is 9.10. The summed E-state index contributed by atoms with van der Waals surface area (Å²) < 4.78 is 26.6. The van der Waals surface area contributed by atoms with Gasteiger partial charge in [0.1, 0.15) is 0 Å². The van der Waals surface area contributed by atoms with E-state index in [9.17, 15) is 13.6 Å². The van der Waals surface area contributed by atoms with Crippen LogP contribution in [0, 0.1) is 11.6 Å². The normalized spacial score (nSPS) is 19.6. The zero-order chi connectivity index (χ0) is 14.0. The fourth-order valence-corrected chi connectivity index (χ4v) is 2.74. The molecule has 0 spiro atoms. The zero-order valence-corrected chi connectivity index (χ0v) is 12.1. The Balaban J connectivity index is 2.22. The van der Waals surface area contributed by atoms with E-state index in [1.165, 1.54) is 0 Å². The van der Waals surface area contributed by atoms with Crippen LogP contribution in [-0.4, -0.2) is 37.0 Å². The molecule has 1 heterocycles. The summed E-state index contributed by atoms with van der Waals surface area (Å²) in [6, 6.07) is 2.19. The van der Waals surface area contributed by atoms with Crippen LogP contribution in [0.5, 0.6) is 0 Å². The smallest absolute Gasteiger partial charge is 0.255 e. The molecule has 104 valence electrons. The lowest BCUT2D eigenvalue weighted by Gasteiger charge is -2.32. The van der Waals surface area contributed by atoms with E-state index in [0.717, 1.165) is 25.0 Å². The number of halogens is 3. The Kier molecular flexibility index (Phi) is 4.52. The largest absolute Gasteiger partial charge is 0.337 e. The molecule has 1 fully saturated rings. The molecule has 6 heteroatoms. The zero-order valence-electron chi connectivity index (χ0n) is 10.5. The second kappa shape index (κ2) is 5.96. The molecule has 1 amide bonds. The lowest BCUT2D eigenvalue weighted by Crippen LogP contribution is -2.47.